The number of fused-ring (bicyclic) bond motifs is 1. The first-order valence-corrected chi connectivity index (χ1v) is 8.66. The fraction of sp³-hybridized carbons (Fsp3) is 0.211. The van der Waals surface area contributed by atoms with Crippen molar-refractivity contribution in [2.24, 2.45) is 0 Å². The molecule has 8 heteroatoms. The van der Waals surface area contributed by atoms with Crippen molar-refractivity contribution in [1.29, 1.82) is 0 Å². The Kier molecular flexibility index (Phi) is 5.61. The molecule has 0 saturated carbocycles. The van der Waals surface area contributed by atoms with Crippen LogP contribution in [-0.2, 0) is 20.9 Å². The summed E-state index contributed by atoms with van der Waals surface area (Å²) < 4.78 is 11.6. The molecule has 1 heterocycles. The zero-order valence-corrected chi connectivity index (χ0v) is 15.2. The Hall–Kier alpha value is -3.06. The lowest BCUT2D eigenvalue weighted by Crippen LogP contribution is -2.30. The van der Waals surface area contributed by atoms with Gasteiger partial charge < -0.3 is 14.5 Å². The molecule has 1 unspecified atom stereocenters. The molecule has 27 heavy (non-hydrogen) atoms. The maximum Gasteiger partial charge on any atom is 0.419 e. The van der Waals surface area contributed by atoms with Gasteiger partial charge in [0, 0.05) is 17.3 Å². The lowest BCUT2D eigenvalue weighted by molar-refractivity contribution is -0.153. The minimum absolute atomic E-state index is 0.0675. The van der Waals surface area contributed by atoms with Gasteiger partial charge in [-0.2, -0.15) is 0 Å². The van der Waals surface area contributed by atoms with Crippen molar-refractivity contribution in [3.8, 4) is 0 Å². The van der Waals surface area contributed by atoms with Gasteiger partial charge >= 0.3 is 11.7 Å². The number of carbonyl (C=O) groups excluding carboxylic acids is 2. The van der Waals surface area contributed by atoms with Crippen LogP contribution in [0.1, 0.15) is 13.3 Å². The van der Waals surface area contributed by atoms with E-state index < -0.39 is 23.7 Å². The molecule has 0 spiro atoms. The molecule has 1 N–H and O–H groups in total. The van der Waals surface area contributed by atoms with Crippen LogP contribution in [0.25, 0.3) is 11.1 Å². The molecule has 3 aromatic rings. The number of amides is 1. The zero-order chi connectivity index (χ0) is 19.4. The molecule has 0 bridgehead atoms. The number of halogens is 1. The van der Waals surface area contributed by atoms with Crippen molar-refractivity contribution in [3.63, 3.8) is 0 Å². The number of anilines is 1. The minimum atomic E-state index is -0.981. The summed E-state index contributed by atoms with van der Waals surface area (Å²) in [5.41, 5.74) is 1.60. The molecule has 1 atom stereocenters. The second kappa shape index (κ2) is 8.09. The van der Waals surface area contributed by atoms with Crippen LogP contribution >= 0.6 is 11.6 Å². The first-order valence-electron chi connectivity index (χ1n) is 8.28. The number of nitrogens with one attached hydrogen (secondary N) is 1. The number of benzene rings is 2. The normalized spacial score (nSPS) is 11.9. The quantitative estimate of drug-likeness (QED) is 0.655. The van der Waals surface area contributed by atoms with Crippen LogP contribution < -0.4 is 11.1 Å². The summed E-state index contributed by atoms with van der Waals surface area (Å²) in [6, 6.07) is 13.5. The summed E-state index contributed by atoms with van der Waals surface area (Å²) in [5.74, 6) is -1.60. The van der Waals surface area contributed by atoms with Gasteiger partial charge in [-0.15, -0.1) is 0 Å². The number of hydrogen-bond acceptors (Lipinski definition) is 5. The average molecular weight is 389 g/mol. The predicted molar refractivity (Wildman–Crippen MR) is 101 cm³/mol. The molecule has 3 rings (SSSR count). The van der Waals surface area contributed by atoms with Gasteiger partial charge in [0.1, 0.15) is 0 Å². The van der Waals surface area contributed by atoms with E-state index in [0.717, 1.165) is 0 Å². The highest BCUT2D eigenvalue weighted by molar-refractivity contribution is 6.30. The Bertz CT molecular complexity index is 1020. The summed E-state index contributed by atoms with van der Waals surface area (Å²) >= 11 is 5.79. The minimum Gasteiger partial charge on any atom is -0.452 e. The molecule has 140 valence electrons. The van der Waals surface area contributed by atoms with Crippen LogP contribution in [0, 0.1) is 0 Å². The lowest BCUT2D eigenvalue weighted by Gasteiger charge is -2.13. The topological polar surface area (TPSA) is 90.5 Å². The largest absolute Gasteiger partial charge is 0.452 e. The fourth-order valence-electron chi connectivity index (χ4n) is 2.52. The van der Waals surface area contributed by atoms with Crippen LogP contribution in [0.2, 0.25) is 5.02 Å². The second-order valence-corrected chi connectivity index (χ2v) is 6.30. The molecule has 0 aliphatic rings. The van der Waals surface area contributed by atoms with Gasteiger partial charge in [0.05, 0.1) is 11.9 Å². The molecule has 0 radical (unpaired) electrons. The smallest absolute Gasteiger partial charge is 0.419 e. The monoisotopic (exact) mass is 388 g/mol. The number of aromatic nitrogens is 1. The fourth-order valence-corrected chi connectivity index (χ4v) is 2.64. The van der Waals surface area contributed by atoms with Gasteiger partial charge in [-0.3, -0.25) is 14.2 Å². The van der Waals surface area contributed by atoms with E-state index in [1.54, 1.807) is 48.5 Å². The number of aryl methyl sites for hydroxylation is 1. The van der Waals surface area contributed by atoms with Gasteiger partial charge in [0.15, 0.2) is 11.7 Å². The molecule has 0 fully saturated rings. The first-order chi connectivity index (χ1) is 12.9. The van der Waals surface area contributed by atoms with Crippen molar-refractivity contribution in [1.82, 2.24) is 4.57 Å². The summed E-state index contributed by atoms with van der Waals surface area (Å²) in [4.78, 5) is 36.0. The molecular formula is C19H17ClN2O5. The molecule has 7 nitrogen and oxygen atoms in total. The Morgan fingerprint density at radius 1 is 1.19 bits per heavy atom. The number of hydrogen-bond donors (Lipinski definition) is 1. The highest BCUT2D eigenvalue weighted by atomic mass is 35.5. The SMILES string of the molecule is CC(OC(=O)CCn1c(=O)oc2ccccc21)C(=O)Nc1ccc(Cl)cc1. The summed E-state index contributed by atoms with van der Waals surface area (Å²) in [7, 11) is 0. The molecule has 0 saturated heterocycles. The number of rotatable bonds is 6. The van der Waals surface area contributed by atoms with Gasteiger partial charge in [-0.05, 0) is 43.3 Å². The Morgan fingerprint density at radius 3 is 2.63 bits per heavy atom. The van der Waals surface area contributed by atoms with Crippen LogP contribution in [0.5, 0.6) is 0 Å². The third-order valence-electron chi connectivity index (χ3n) is 3.90. The van der Waals surface area contributed by atoms with Crippen LogP contribution in [-0.4, -0.2) is 22.5 Å². The zero-order valence-electron chi connectivity index (χ0n) is 14.5. The molecular weight excluding hydrogens is 372 g/mol. The van der Waals surface area contributed by atoms with Gasteiger partial charge in [-0.1, -0.05) is 23.7 Å². The van der Waals surface area contributed by atoms with E-state index in [0.29, 0.717) is 21.8 Å². The van der Waals surface area contributed by atoms with E-state index >= 15 is 0 Å². The van der Waals surface area contributed by atoms with E-state index in [4.69, 9.17) is 20.8 Å². The molecule has 0 aliphatic heterocycles. The molecule has 1 aromatic heterocycles. The van der Waals surface area contributed by atoms with Gasteiger partial charge in [-0.25, -0.2) is 4.79 Å². The molecule has 0 aliphatic carbocycles. The molecule has 1 amide bonds. The summed E-state index contributed by atoms with van der Waals surface area (Å²) in [5, 5.41) is 3.18. The number of ether oxygens (including phenoxy) is 1. The van der Waals surface area contributed by atoms with Crippen molar-refractivity contribution < 1.29 is 18.7 Å². The maximum absolute atomic E-state index is 12.1. The van der Waals surface area contributed by atoms with Crippen LogP contribution in [0.15, 0.2) is 57.7 Å². The van der Waals surface area contributed by atoms with E-state index in [-0.39, 0.29) is 13.0 Å². The Labute approximate surface area is 159 Å². The standard InChI is InChI=1S/C19H17ClN2O5/c1-12(18(24)21-14-8-6-13(20)7-9-14)26-17(23)10-11-22-15-4-2-3-5-16(15)27-19(22)25/h2-9,12H,10-11H2,1H3,(H,21,24). The van der Waals surface area contributed by atoms with E-state index in [2.05, 4.69) is 5.32 Å². The van der Waals surface area contributed by atoms with E-state index in [1.165, 1.54) is 11.5 Å². The van der Waals surface area contributed by atoms with Gasteiger partial charge in [0.2, 0.25) is 0 Å². The van der Waals surface area contributed by atoms with Crippen molar-refractivity contribution >= 4 is 40.3 Å². The van der Waals surface area contributed by atoms with Crippen LogP contribution in [0.4, 0.5) is 5.69 Å². The third-order valence-corrected chi connectivity index (χ3v) is 4.15. The Morgan fingerprint density at radius 2 is 1.89 bits per heavy atom. The van der Waals surface area contributed by atoms with E-state index in [1.807, 2.05) is 0 Å². The molecule has 2 aromatic carbocycles. The summed E-state index contributed by atoms with van der Waals surface area (Å²) in [6.07, 6.45) is -1.05. The van der Waals surface area contributed by atoms with Gasteiger partial charge in [0.25, 0.3) is 5.91 Å². The number of carbonyl (C=O) groups is 2. The van der Waals surface area contributed by atoms with Crippen molar-refractivity contribution in [2.45, 2.75) is 26.0 Å². The highest BCUT2D eigenvalue weighted by Crippen LogP contribution is 2.14. The predicted octanol–water partition coefficient (Wildman–Crippen LogP) is 3.21. The van der Waals surface area contributed by atoms with Crippen LogP contribution in [0.3, 0.4) is 0 Å². The van der Waals surface area contributed by atoms with Crippen molar-refractivity contribution in [3.05, 3.63) is 64.1 Å². The number of para-hydroxylation sites is 2. The number of nitrogens with zero attached hydrogens (tertiary/aromatic N) is 1. The third kappa shape index (κ3) is 4.57. The lowest BCUT2D eigenvalue weighted by atomic mass is 10.3. The first kappa shape index (κ1) is 18.7. The summed E-state index contributed by atoms with van der Waals surface area (Å²) in [6.45, 7) is 1.57. The number of esters is 1. The maximum atomic E-state index is 12.1. The van der Waals surface area contributed by atoms with Crippen molar-refractivity contribution in [2.75, 3.05) is 5.32 Å². The number of oxazole rings is 1. The second-order valence-electron chi connectivity index (χ2n) is 5.87. The highest BCUT2D eigenvalue weighted by Gasteiger charge is 2.18. The Balaban J connectivity index is 1.55. The van der Waals surface area contributed by atoms with E-state index in [9.17, 15) is 14.4 Å². The average Bonchev–Trinajstić information content (AvgIpc) is 2.97.